The number of amides is 2. The molecule has 2 N–H and O–H groups in total. The summed E-state index contributed by atoms with van der Waals surface area (Å²) < 4.78 is 0. The Morgan fingerprint density at radius 2 is 2.38 bits per heavy atom. The van der Waals surface area contributed by atoms with E-state index >= 15 is 0 Å². The molecule has 0 aliphatic rings. The number of primary amides is 1. The van der Waals surface area contributed by atoms with Crippen LogP contribution in [0.4, 0.5) is 10.6 Å². The number of urea groups is 1. The summed E-state index contributed by atoms with van der Waals surface area (Å²) in [5.74, 6) is 0.608. The molecular formula is C9H13N3O. The van der Waals surface area contributed by atoms with E-state index in [1.807, 2.05) is 13.0 Å². The maximum absolute atomic E-state index is 11.0. The summed E-state index contributed by atoms with van der Waals surface area (Å²) >= 11 is 0. The smallest absolute Gasteiger partial charge is 0.320 e. The average molecular weight is 179 g/mol. The van der Waals surface area contributed by atoms with Gasteiger partial charge in [-0.1, -0.05) is 13.0 Å². The predicted molar refractivity (Wildman–Crippen MR) is 51.5 cm³/mol. The maximum atomic E-state index is 11.0. The van der Waals surface area contributed by atoms with E-state index in [-0.39, 0.29) is 0 Å². The van der Waals surface area contributed by atoms with Crippen molar-refractivity contribution in [2.75, 3.05) is 11.4 Å². The highest BCUT2D eigenvalue weighted by atomic mass is 16.2. The number of nitrogens with zero attached hydrogens (tertiary/aromatic N) is 2. The molecule has 4 nitrogen and oxygen atoms in total. The highest BCUT2D eigenvalue weighted by Gasteiger charge is 2.10. The fourth-order valence-corrected chi connectivity index (χ4v) is 1.07. The van der Waals surface area contributed by atoms with Gasteiger partial charge in [-0.05, 0) is 18.6 Å². The third-order valence-corrected chi connectivity index (χ3v) is 1.64. The van der Waals surface area contributed by atoms with Crippen LogP contribution in [0.5, 0.6) is 0 Å². The van der Waals surface area contributed by atoms with E-state index in [0.29, 0.717) is 12.4 Å². The number of hydrogen-bond acceptors (Lipinski definition) is 2. The number of carbonyl (C=O) groups excluding carboxylic acids is 1. The minimum absolute atomic E-state index is 0.458. The number of rotatable bonds is 3. The van der Waals surface area contributed by atoms with Gasteiger partial charge in [0.25, 0.3) is 0 Å². The zero-order valence-electron chi connectivity index (χ0n) is 7.60. The second kappa shape index (κ2) is 4.45. The van der Waals surface area contributed by atoms with Gasteiger partial charge in [0.15, 0.2) is 0 Å². The molecule has 0 atom stereocenters. The lowest BCUT2D eigenvalue weighted by Crippen LogP contribution is -2.36. The largest absolute Gasteiger partial charge is 0.351 e. The molecular weight excluding hydrogens is 166 g/mol. The molecule has 0 unspecified atom stereocenters. The predicted octanol–water partition coefficient (Wildman–Crippen LogP) is 1.38. The summed E-state index contributed by atoms with van der Waals surface area (Å²) in [5, 5.41) is 0. The standard InChI is InChI=1S/C9H13N3O/c1-2-7-12(9(10)13)8-5-3-4-6-11-8/h3-6H,2,7H2,1H3,(H2,10,13). The lowest BCUT2D eigenvalue weighted by atomic mass is 10.4. The van der Waals surface area contributed by atoms with E-state index in [9.17, 15) is 4.79 Å². The van der Waals surface area contributed by atoms with Crippen LogP contribution >= 0.6 is 0 Å². The van der Waals surface area contributed by atoms with Crippen molar-refractivity contribution in [3.8, 4) is 0 Å². The molecule has 1 heterocycles. The summed E-state index contributed by atoms with van der Waals surface area (Å²) in [5.41, 5.74) is 5.20. The summed E-state index contributed by atoms with van der Waals surface area (Å²) in [6.07, 6.45) is 2.50. The van der Waals surface area contributed by atoms with Crippen LogP contribution in [0.25, 0.3) is 0 Å². The van der Waals surface area contributed by atoms with Crippen LogP contribution in [0, 0.1) is 0 Å². The maximum Gasteiger partial charge on any atom is 0.320 e. The SMILES string of the molecule is CCCN(C(N)=O)c1ccccn1. The molecule has 0 saturated carbocycles. The first-order chi connectivity index (χ1) is 6.25. The minimum Gasteiger partial charge on any atom is -0.351 e. The van der Waals surface area contributed by atoms with Crippen LogP contribution in [0.3, 0.4) is 0 Å². The average Bonchev–Trinajstić information content (AvgIpc) is 2.15. The molecule has 70 valence electrons. The second-order valence-corrected chi connectivity index (χ2v) is 2.68. The van der Waals surface area contributed by atoms with Crippen molar-refractivity contribution in [3.63, 3.8) is 0 Å². The Hall–Kier alpha value is -1.58. The van der Waals surface area contributed by atoms with Crippen molar-refractivity contribution in [1.82, 2.24) is 4.98 Å². The van der Waals surface area contributed by atoms with Gasteiger partial charge in [0.05, 0.1) is 0 Å². The van der Waals surface area contributed by atoms with Crippen molar-refractivity contribution in [2.45, 2.75) is 13.3 Å². The molecule has 0 radical (unpaired) electrons. The Balaban J connectivity index is 2.82. The number of anilines is 1. The summed E-state index contributed by atoms with van der Waals surface area (Å²) in [6, 6.07) is 4.93. The molecule has 0 saturated heterocycles. The molecule has 1 aromatic heterocycles. The first-order valence-electron chi connectivity index (χ1n) is 4.23. The van der Waals surface area contributed by atoms with Crippen molar-refractivity contribution in [3.05, 3.63) is 24.4 Å². The van der Waals surface area contributed by atoms with Gasteiger partial charge in [0.1, 0.15) is 5.82 Å². The summed E-state index contributed by atoms with van der Waals surface area (Å²) in [6.45, 7) is 2.59. The number of nitrogens with two attached hydrogens (primary N) is 1. The van der Waals surface area contributed by atoms with Gasteiger partial charge >= 0.3 is 6.03 Å². The van der Waals surface area contributed by atoms with Crippen LogP contribution < -0.4 is 10.6 Å². The third kappa shape index (κ3) is 2.43. The topological polar surface area (TPSA) is 59.2 Å². The van der Waals surface area contributed by atoms with E-state index < -0.39 is 6.03 Å². The van der Waals surface area contributed by atoms with Gasteiger partial charge in [-0.3, -0.25) is 4.90 Å². The molecule has 0 fully saturated rings. The second-order valence-electron chi connectivity index (χ2n) is 2.68. The lowest BCUT2D eigenvalue weighted by molar-refractivity contribution is 0.253. The highest BCUT2D eigenvalue weighted by molar-refractivity contribution is 5.89. The van der Waals surface area contributed by atoms with Gasteiger partial charge in [-0.25, -0.2) is 9.78 Å². The number of hydrogen-bond donors (Lipinski definition) is 1. The Morgan fingerprint density at radius 1 is 1.62 bits per heavy atom. The summed E-state index contributed by atoms with van der Waals surface area (Å²) in [7, 11) is 0. The molecule has 0 spiro atoms. The van der Waals surface area contributed by atoms with E-state index in [1.54, 1.807) is 18.3 Å². The molecule has 0 aliphatic heterocycles. The van der Waals surface area contributed by atoms with Crippen LogP contribution in [-0.2, 0) is 0 Å². The zero-order valence-corrected chi connectivity index (χ0v) is 7.60. The van der Waals surface area contributed by atoms with Crippen molar-refractivity contribution in [1.29, 1.82) is 0 Å². The molecule has 13 heavy (non-hydrogen) atoms. The van der Waals surface area contributed by atoms with Crippen molar-refractivity contribution in [2.24, 2.45) is 5.73 Å². The zero-order chi connectivity index (χ0) is 9.68. The summed E-state index contributed by atoms with van der Waals surface area (Å²) in [4.78, 5) is 16.5. The first kappa shape index (κ1) is 9.51. The molecule has 1 aromatic rings. The molecule has 4 heteroatoms. The van der Waals surface area contributed by atoms with Crippen LogP contribution in [0.2, 0.25) is 0 Å². The molecule has 1 rings (SSSR count). The molecule has 2 amide bonds. The monoisotopic (exact) mass is 179 g/mol. The van der Waals surface area contributed by atoms with Crippen LogP contribution in [-0.4, -0.2) is 17.6 Å². The Bertz CT molecular complexity index is 273. The van der Waals surface area contributed by atoms with Crippen molar-refractivity contribution < 1.29 is 4.79 Å². The Labute approximate surface area is 77.4 Å². The molecule has 0 bridgehead atoms. The Morgan fingerprint density at radius 3 is 2.85 bits per heavy atom. The number of aromatic nitrogens is 1. The minimum atomic E-state index is -0.458. The van der Waals surface area contributed by atoms with Crippen LogP contribution in [0.15, 0.2) is 24.4 Å². The fraction of sp³-hybridized carbons (Fsp3) is 0.333. The molecule has 0 aromatic carbocycles. The van der Waals surface area contributed by atoms with Gasteiger partial charge < -0.3 is 5.73 Å². The molecule has 0 aliphatic carbocycles. The lowest BCUT2D eigenvalue weighted by Gasteiger charge is -2.17. The number of carbonyl (C=O) groups is 1. The highest BCUT2D eigenvalue weighted by Crippen LogP contribution is 2.08. The van der Waals surface area contributed by atoms with Crippen molar-refractivity contribution >= 4 is 11.8 Å². The van der Waals surface area contributed by atoms with Gasteiger partial charge in [-0.15, -0.1) is 0 Å². The third-order valence-electron chi connectivity index (χ3n) is 1.64. The first-order valence-corrected chi connectivity index (χ1v) is 4.23. The van der Waals surface area contributed by atoms with Gasteiger partial charge in [0, 0.05) is 12.7 Å². The Kier molecular flexibility index (Phi) is 3.25. The van der Waals surface area contributed by atoms with Gasteiger partial charge in [0.2, 0.25) is 0 Å². The van der Waals surface area contributed by atoms with Gasteiger partial charge in [-0.2, -0.15) is 0 Å². The van der Waals surface area contributed by atoms with E-state index in [1.165, 1.54) is 4.90 Å². The normalized spacial score (nSPS) is 9.62. The van der Waals surface area contributed by atoms with E-state index in [2.05, 4.69) is 4.98 Å². The van der Waals surface area contributed by atoms with E-state index in [0.717, 1.165) is 6.42 Å². The van der Waals surface area contributed by atoms with Crippen LogP contribution in [0.1, 0.15) is 13.3 Å². The van der Waals surface area contributed by atoms with E-state index in [4.69, 9.17) is 5.73 Å². The quantitative estimate of drug-likeness (QED) is 0.761. The number of pyridine rings is 1. The fourth-order valence-electron chi connectivity index (χ4n) is 1.07.